The van der Waals surface area contributed by atoms with Crippen LogP contribution in [0.15, 0.2) is 22.7 Å². The van der Waals surface area contributed by atoms with Gasteiger partial charge in [0.05, 0.1) is 5.69 Å². The Hall–Kier alpha value is -0.210. The van der Waals surface area contributed by atoms with Crippen LogP contribution in [0.2, 0.25) is 0 Å². The smallest absolute Gasteiger partial charge is 0.0510 e. The van der Waals surface area contributed by atoms with Crippen molar-refractivity contribution in [2.24, 2.45) is 11.8 Å². The number of alkyl halides is 1. The highest BCUT2D eigenvalue weighted by atomic mass is 79.9. The molecule has 0 spiro atoms. The molecule has 0 amide bonds. The summed E-state index contributed by atoms with van der Waals surface area (Å²) in [5, 5.41) is 0. The molecule has 0 aliphatic carbocycles. The van der Waals surface area contributed by atoms with Gasteiger partial charge in [-0.25, -0.2) is 0 Å². The summed E-state index contributed by atoms with van der Waals surface area (Å²) in [7, 11) is 0. The van der Waals surface area contributed by atoms with E-state index < -0.39 is 0 Å². The molecule has 0 N–H and O–H groups in total. The first-order valence-electron chi connectivity index (χ1n) is 7.53. The Balaban J connectivity index is 2.84. The monoisotopic (exact) mass is 359 g/mol. The van der Waals surface area contributed by atoms with E-state index in [1.807, 2.05) is 0 Å². The molecule has 0 radical (unpaired) electrons. The largest absolute Gasteiger partial charge is 0.371 e. The average molecular weight is 361 g/mol. The third-order valence-electron chi connectivity index (χ3n) is 3.46. The molecule has 20 heavy (non-hydrogen) atoms. The highest BCUT2D eigenvalue weighted by Gasteiger charge is 2.12. The van der Waals surface area contributed by atoms with Gasteiger partial charge in [-0.1, -0.05) is 33.8 Å². The summed E-state index contributed by atoms with van der Waals surface area (Å²) in [4.78, 5) is 2.50. The van der Waals surface area contributed by atoms with Crippen LogP contribution in [0.4, 0.5) is 5.69 Å². The zero-order valence-corrected chi connectivity index (χ0v) is 15.5. The molecule has 0 fully saturated rings. The fourth-order valence-electron chi connectivity index (χ4n) is 2.07. The van der Waals surface area contributed by atoms with Crippen LogP contribution in [-0.2, 0) is 5.88 Å². The van der Waals surface area contributed by atoms with Gasteiger partial charge in [-0.05, 0) is 58.3 Å². The second kappa shape index (κ2) is 8.94. The maximum atomic E-state index is 5.90. The van der Waals surface area contributed by atoms with E-state index in [4.69, 9.17) is 11.6 Å². The Morgan fingerprint density at radius 2 is 1.60 bits per heavy atom. The van der Waals surface area contributed by atoms with Crippen molar-refractivity contribution in [2.75, 3.05) is 18.0 Å². The Morgan fingerprint density at radius 3 is 2.00 bits per heavy atom. The van der Waals surface area contributed by atoms with Crippen LogP contribution in [0.5, 0.6) is 0 Å². The minimum atomic E-state index is 0.566. The predicted molar refractivity (Wildman–Crippen MR) is 94.8 cm³/mol. The third-order valence-corrected chi connectivity index (χ3v) is 4.40. The van der Waals surface area contributed by atoms with Crippen LogP contribution >= 0.6 is 27.5 Å². The van der Waals surface area contributed by atoms with Crippen LogP contribution < -0.4 is 4.90 Å². The summed E-state index contributed by atoms with van der Waals surface area (Å²) in [6.45, 7) is 11.4. The van der Waals surface area contributed by atoms with E-state index in [2.05, 4.69) is 66.7 Å². The molecule has 1 nitrogen and oxygen atoms in total. The SMILES string of the molecule is CC(C)CCN(CCC(C)C)c1ccc(CCl)cc1Br. The Morgan fingerprint density at radius 1 is 1.05 bits per heavy atom. The van der Waals surface area contributed by atoms with Crippen molar-refractivity contribution in [3.05, 3.63) is 28.2 Å². The molecule has 0 aromatic heterocycles. The van der Waals surface area contributed by atoms with E-state index in [9.17, 15) is 0 Å². The number of hydrogen-bond acceptors (Lipinski definition) is 1. The summed E-state index contributed by atoms with van der Waals surface area (Å²) in [6, 6.07) is 6.47. The summed E-state index contributed by atoms with van der Waals surface area (Å²) in [5.74, 6) is 2.03. The maximum absolute atomic E-state index is 5.90. The lowest BCUT2D eigenvalue weighted by atomic mass is 10.1. The zero-order valence-electron chi connectivity index (χ0n) is 13.1. The van der Waals surface area contributed by atoms with Gasteiger partial charge >= 0.3 is 0 Å². The van der Waals surface area contributed by atoms with E-state index in [0.717, 1.165) is 35.0 Å². The fourth-order valence-corrected chi connectivity index (χ4v) is 2.91. The van der Waals surface area contributed by atoms with Crippen molar-refractivity contribution in [1.29, 1.82) is 0 Å². The molecule has 0 saturated heterocycles. The Labute approximate surface area is 137 Å². The van der Waals surface area contributed by atoms with Crippen LogP contribution in [0, 0.1) is 11.8 Å². The molecule has 114 valence electrons. The van der Waals surface area contributed by atoms with Gasteiger partial charge in [0.25, 0.3) is 0 Å². The zero-order chi connectivity index (χ0) is 15.1. The lowest BCUT2D eigenvalue weighted by Crippen LogP contribution is -2.27. The molecule has 0 heterocycles. The minimum absolute atomic E-state index is 0.566. The van der Waals surface area contributed by atoms with Crippen molar-refractivity contribution >= 4 is 33.2 Å². The van der Waals surface area contributed by atoms with Crippen molar-refractivity contribution in [3.8, 4) is 0 Å². The van der Waals surface area contributed by atoms with Crippen molar-refractivity contribution in [2.45, 2.75) is 46.4 Å². The van der Waals surface area contributed by atoms with Crippen LogP contribution in [-0.4, -0.2) is 13.1 Å². The molecule has 0 aliphatic heterocycles. The van der Waals surface area contributed by atoms with Crippen molar-refractivity contribution < 1.29 is 0 Å². The molecule has 1 rings (SSSR count). The first-order valence-corrected chi connectivity index (χ1v) is 8.86. The number of benzene rings is 1. The van der Waals surface area contributed by atoms with Crippen molar-refractivity contribution in [3.63, 3.8) is 0 Å². The third kappa shape index (κ3) is 6.05. The summed E-state index contributed by atoms with van der Waals surface area (Å²) < 4.78 is 1.16. The van der Waals surface area contributed by atoms with E-state index in [1.54, 1.807) is 0 Å². The number of hydrogen-bond donors (Lipinski definition) is 0. The first kappa shape index (κ1) is 17.8. The topological polar surface area (TPSA) is 3.24 Å². The van der Waals surface area contributed by atoms with Gasteiger partial charge in [-0.3, -0.25) is 0 Å². The molecule has 1 aromatic rings. The number of rotatable bonds is 8. The summed E-state index contributed by atoms with van der Waals surface area (Å²) in [5.41, 5.74) is 2.45. The molecule has 0 unspecified atom stereocenters. The molecule has 0 aliphatic rings. The maximum Gasteiger partial charge on any atom is 0.0510 e. The van der Waals surface area contributed by atoms with Gasteiger partial charge in [0, 0.05) is 23.4 Å². The minimum Gasteiger partial charge on any atom is -0.371 e. The van der Waals surface area contributed by atoms with E-state index in [1.165, 1.54) is 18.5 Å². The summed E-state index contributed by atoms with van der Waals surface area (Å²) in [6.07, 6.45) is 2.45. The molecule has 0 bridgehead atoms. The second-order valence-corrected chi connectivity index (χ2v) is 7.39. The fraction of sp³-hybridized carbons (Fsp3) is 0.647. The normalized spacial score (nSPS) is 11.4. The lowest BCUT2D eigenvalue weighted by Gasteiger charge is -2.28. The highest BCUT2D eigenvalue weighted by Crippen LogP contribution is 2.29. The first-order chi connectivity index (χ1) is 9.43. The van der Waals surface area contributed by atoms with Crippen LogP contribution in [0.25, 0.3) is 0 Å². The van der Waals surface area contributed by atoms with Crippen molar-refractivity contribution in [1.82, 2.24) is 0 Å². The van der Waals surface area contributed by atoms with Crippen LogP contribution in [0.3, 0.4) is 0 Å². The standard InChI is InChI=1S/C17H27BrClN/c1-13(2)7-9-20(10-8-14(3)4)17-6-5-15(12-19)11-16(17)18/h5-6,11,13-14H,7-10,12H2,1-4H3. The molecular formula is C17H27BrClN. The van der Waals surface area contributed by atoms with Gasteiger partial charge in [-0.2, -0.15) is 0 Å². The number of nitrogens with zero attached hydrogens (tertiary/aromatic N) is 1. The molecule has 0 saturated carbocycles. The summed E-state index contributed by atoms with van der Waals surface area (Å²) >= 11 is 9.60. The van der Waals surface area contributed by atoms with Gasteiger partial charge in [0.15, 0.2) is 0 Å². The molecule has 0 atom stereocenters. The van der Waals surface area contributed by atoms with E-state index in [0.29, 0.717) is 5.88 Å². The van der Waals surface area contributed by atoms with Gasteiger partial charge in [0.2, 0.25) is 0 Å². The lowest BCUT2D eigenvalue weighted by molar-refractivity contribution is 0.535. The van der Waals surface area contributed by atoms with E-state index >= 15 is 0 Å². The van der Waals surface area contributed by atoms with Crippen LogP contribution in [0.1, 0.15) is 46.1 Å². The molecule has 3 heteroatoms. The Kier molecular flexibility index (Phi) is 7.98. The quantitative estimate of drug-likeness (QED) is 0.507. The predicted octanol–water partition coefficient (Wildman–Crippen LogP) is 6.09. The highest BCUT2D eigenvalue weighted by molar-refractivity contribution is 9.10. The number of anilines is 1. The average Bonchev–Trinajstić information content (AvgIpc) is 2.39. The second-order valence-electron chi connectivity index (χ2n) is 6.27. The van der Waals surface area contributed by atoms with Gasteiger partial charge in [0.1, 0.15) is 0 Å². The number of halogens is 2. The van der Waals surface area contributed by atoms with Gasteiger partial charge in [-0.15, -0.1) is 11.6 Å². The van der Waals surface area contributed by atoms with Gasteiger partial charge < -0.3 is 4.90 Å². The Bertz CT molecular complexity index is 392. The molecule has 1 aromatic carbocycles. The molecular weight excluding hydrogens is 334 g/mol. The van der Waals surface area contributed by atoms with E-state index in [-0.39, 0.29) is 0 Å².